The maximum Gasteiger partial charge on any atom is 0.259 e. The summed E-state index contributed by atoms with van der Waals surface area (Å²) in [5.41, 5.74) is 7.84. The third kappa shape index (κ3) is 2.98. The zero-order chi connectivity index (χ0) is 13.8. The van der Waals surface area contributed by atoms with Crippen LogP contribution >= 0.6 is 0 Å². The number of hydrogen-bond donors (Lipinski definition) is 2. The van der Waals surface area contributed by atoms with E-state index in [1.165, 1.54) is 19.5 Å². The first-order valence-corrected chi connectivity index (χ1v) is 5.63. The zero-order valence-corrected chi connectivity index (χ0v) is 10.7. The number of anilines is 2. The van der Waals surface area contributed by atoms with Crippen molar-refractivity contribution in [2.45, 2.75) is 6.92 Å². The standard InChI is InChI=1S/C13H14N4O2/c1-8-5-11(14)10(7-15-8)13(18)17-9-3-4-12(19-2)16-6-9/h3-7H,1-2H3,(H2,14,15)(H,17,18). The molecule has 0 bridgehead atoms. The third-order valence-corrected chi connectivity index (χ3v) is 2.52. The van der Waals surface area contributed by atoms with Gasteiger partial charge >= 0.3 is 0 Å². The summed E-state index contributed by atoms with van der Waals surface area (Å²) in [6.45, 7) is 1.81. The van der Waals surface area contributed by atoms with Crippen molar-refractivity contribution in [2.24, 2.45) is 0 Å². The normalized spacial score (nSPS) is 10.0. The smallest absolute Gasteiger partial charge is 0.259 e. The van der Waals surface area contributed by atoms with Gasteiger partial charge in [0.25, 0.3) is 5.91 Å². The fourth-order valence-electron chi connectivity index (χ4n) is 1.54. The number of nitrogen functional groups attached to an aromatic ring is 1. The summed E-state index contributed by atoms with van der Waals surface area (Å²) in [6, 6.07) is 5.01. The lowest BCUT2D eigenvalue weighted by atomic mass is 10.2. The lowest BCUT2D eigenvalue weighted by molar-refractivity contribution is 0.102. The van der Waals surface area contributed by atoms with E-state index < -0.39 is 0 Å². The van der Waals surface area contributed by atoms with Crippen molar-refractivity contribution in [3.8, 4) is 5.88 Å². The van der Waals surface area contributed by atoms with E-state index in [1.807, 2.05) is 6.92 Å². The van der Waals surface area contributed by atoms with E-state index in [0.717, 1.165) is 5.69 Å². The topological polar surface area (TPSA) is 90.1 Å². The molecular formula is C13H14N4O2. The van der Waals surface area contributed by atoms with Gasteiger partial charge in [-0.05, 0) is 19.1 Å². The van der Waals surface area contributed by atoms with Gasteiger partial charge in [0.2, 0.25) is 5.88 Å². The van der Waals surface area contributed by atoms with Gasteiger partial charge in [0, 0.05) is 23.6 Å². The highest BCUT2D eigenvalue weighted by Gasteiger charge is 2.11. The lowest BCUT2D eigenvalue weighted by Crippen LogP contribution is -2.14. The average Bonchev–Trinajstić information content (AvgIpc) is 2.39. The molecule has 0 saturated heterocycles. The molecule has 2 aromatic rings. The molecule has 0 aliphatic carbocycles. The lowest BCUT2D eigenvalue weighted by Gasteiger charge is -2.07. The van der Waals surface area contributed by atoms with E-state index in [0.29, 0.717) is 22.8 Å². The highest BCUT2D eigenvalue weighted by molar-refractivity contribution is 6.07. The van der Waals surface area contributed by atoms with E-state index in [-0.39, 0.29) is 5.91 Å². The number of carbonyl (C=O) groups excluding carboxylic acids is 1. The molecule has 1 amide bonds. The molecule has 3 N–H and O–H groups in total. The Kier molecular flexibility index (Phi) is 3.61. The van der Waals surface area contributed by atoms with Crippen molar-refractivity contribution < 1.29 is 9.53 Å². The second-order valence-electron chi connectivity index (χ2n) is 3.96. The highest BCUT2D eigenvalue weighted by Crippen LogP contribution is 2.15. The number of nitrogens with zero attached hydrogens (tertiary/aromatic N) is 2. The maximum atomic E-state index is 12.0. The number of aromatic nitrogens is 2. The number of nitrogens with one attached hydrogen (secondary N) is 1. The molecule has 0 aromatic carbocycles. The van der Waals surface area contributed by atoms with Crippen LogP contribution in [0.4, 0.5) is 11.4 Å². The summed E-state index contributed by atoms with van der Waals surface area (Å²) in [6.07, 6.45) is 2.96. The molecule has 0 aliphatic heterocycles. The van der Waals surface area contributed by atoms with Crippen LogP contribution < -0.4 is 15.8 Å². The Labute approximate surface area is 110 Å². The van der Waals surface area contributed by atoms with Crippen molar-refractivity contribution in [3.63, 3.8) is 0 Å². The number of hydrogen-bond acceptors (Lipinski definition) is 5. The minimum atomic E-state index is -0.322. The van der Waals surface area contributed by atoms with Crippen LogP contribution in [0.15, 0.2) is 30.6 Å². The van der Waals surface area contributed by atoms with E-state index >= 15 is 0 Å². The van der Waals surface area contributed by atoms with Crippen molar-refractivity contribution in [1.29, 1.82) is 0 Å². The van der Waals surface area contributed by atoms with E-state index in [1.54, 1.807) is 18.2 Å². The Balaban J connectivity index is 2.15. The number of aryl methyl sites for hydroxylation is 1. The SMILES string of the molecule is COc1ccc(NC(=O)c2cnc(C)cc2N)cn1. The number of carbonyl (C=O) groups is 1. The summed E-state index contributed by atoms with van der Waals surface area (Å²) >= 11 is 0. The molecule has 0 unspecified atom stereocenters. The van der Waals surface area contributed by atoms with Gasteiger partial charge in [-0.1, -0.05) is 0 Å². The van der Waals surface area contributed by atoms with Crippen LogP contribution in [0.2, 0.25) is 0 Å². The van der Waals surface area contributed by atoms with Crippen LogP contribution in [0.5, 0.6) is 5.88 Å². The molecule has 98 valence electrons. The minimum Gasteiger partial charge on any atom is -0.481 e. The second kappa shape index (κ2) is 5.34. The Bertz CT molecular complexity index is 596. The fourth-order valence-corrected chi connectivity index (χ4v) is 1.54. The predicted octanol–water partition coefficient (Wildman–Crippen LogP) is 1.63. The minimum absolute atomic E-state index is 0.322. The Morgan fingerprint density at radius 3 is 2.68 bits per heavy atom. The van der Waals surface area contributed by atoms with Gasteiger partial charge in [-0.25, -0.2) is 4.98 Å². The van der Waals surface area contributed by atoms with Crippen molar-refractivity contribution in [1.82, 2.24) is 9.97 Å². The monoisotopic (exact) mass is 258 g/mol. The number of nitrogens with two attached hydrogens (primary N) is 1. The number of rotatable bonds is 3. The van der Waals surface area contributed by atoms with Gasteiger partial charge in [-0.2, -0.15) is 0 Å². The average molecular weight is 258 g/mol. The summed E-state index contributed by atoms with van der Waals surface area (Å²) in [5, 5.41) is 2.69. The molecule has 2 aromatic heterocycles. The first-order chi connectivity index (χ1) is 9.10. The molecule has 6 nitrogen and oxygen atoms in total. The number of pyridine rings is 2. The van der Waals surface area contributed by atoms with Gasteiger partial charge in [-0.3, -0.25) is 9.78 Å². The molecule has 0 spiro atoms. The highest BCUT2D eigenvalue weighted by atomic mass is 16.5. The third-order valence-electron chi connectivity index (χ3n) is 2.52. The van der Waals surface area contributed by atoms with Gasteiger partial charge < -0.3 is 15.8 Å². The van der Waals surface area contributed by atoms with Crippen LogP contribution in [0.1, 0.15) is 16.1 Å². The van der Waals surface area contributed by atoms with Gasteiger partial charge in [0.1, 0.15) is 0 Å². The molecule has 6 heteroatoms. The molecule has 0 radical (unpaired) electrons. The number of amides is 1. The summed E-state index contributed by atoms with van der Waals surface area (Å²) in [4.78, 5) is 20.1. The van der Waals surface area contributed by atoms with Crippen LogP contribution in [0.25, 0.3) is 0 Å². The Hall–Kier alpha value is -2.63. The van der Waals surface area contributed by atoms with Gasteiger partial charge in [-0.15, -0.1) is 0 Å². The summed E-state index contributed by atoms with van der Waals surface area (Å²) in [7, 11) is 1.53. The van der Waals surface area contributed by atoms with Crippen LogP contribution in [0, 0.1) is 6.92 Å². The van der Waals surface area contributed by atoms with Gasteiger partial charge in [0.05, 0.1) is 24.6 Å². The van der Waals surface area contributed by atoms with Gasteiger partial charge in [0.15, 0.2) is 0 Å². The first-order valence-electron chi connectivity index (χ1n) is 5.63. The fraction of sp³-hybridized carbons (Fsp3) is 0.154. The van der Waals surface area contributed by atoms with E-state index in [4.69, 9.17) is 10.5 Å². The molecule has 2 rings (SSSR count). The Morgan fingerprint density at radius 1 is 1.32 bits per heavy atom. The molecule has 0 aliphatic rings. The predicted molar refractivity (Wildman–Crippen MR) is 72.1 cm³/mol. The quantitative estimate of drug-likeness (QED) is 0.873. The number of ether oxygens (including phenoxy) is 1. The molecule has 19 heavy (non-hydrogen) atoms. The summed E-state index contributed by atoms with van der Waals surface area (Å²) < 4.78 is 4.94. The van der Waals surface area contributed by atoms with Crippen LogP contribution in [-0.4, -0.2) is 23.0 Å². The van der Waals surface area contributed by atoms with Crippen molar-refractivity contribution in [3.05, 3.63) is 41.9 Å². The molecule has 2 heterocycles. The van der Waals surface area contributed by atoms with Crippen molar-refractivity contribution >= 4 is 17.3 Å². The molecule has 0 fully saturated rings. The second-order valence-corrected chi connectivity index (χ2v) is 3.96. The summed E-state index contributed by atoms with van der Waals surface area (Å²) in [5.74, 6) is 0.159. The molecular weight excluding hydrogens is 244 g/mol. The maximum absolute atomic E-state index is 12.0. The zero-order valence-electron chi connectivity index (χ0n) is 10.7. The van der Waals surface area contributed by atoms with E-state index in [2.05, 4.69) is 15.3 Å². The molecule has 0 saturated carbocycles. The van der Waals surface area contributed by atoms with Crippen molar-refractivity contribution in [2.75, 3.05) is 18.2 Å². The van der Waals surface area contributed by atoms with Crippen LogP contribution in [0.3, 0.4) is 0 Å². The number of methoxy groups -OCH3 is 1. The van der Waals surface area contributed by atoms with Crippen LogP contribution in [-0.2, 0) is 0 Å². The largest absolute Gasteiger partial charge is 0.481 e. The molecule has 0 atom stereocenters. The first kappa shape index (κ1) is 12.8. The Morgan fingerprint density at radius 2 is 2.11 bits per heavy atom. The van der Waals surface area contributed by atoms with E-state index in [9.17, 15) is 4.79 Å².